The van der Waals surface area contributed by atoms with Gasteiger partial charge in [-0.1, -0.05) is 73.3 Å². The molecule has 0 aliphatic heterocycles. The van der Waals surface area contributed by atoms with E-state index in [2.05, 4.69) is 134 Å². The van der Waals surface area contributed by atoms with Crippen molar-refractivity contribution in [2.45, 2.75) is 50.9 Å². The Bertz CT molecular complexity index is 2280. The van der Waals surface area contributed by atoms with Gasteiger partial charge in [0.25, 0.3) is 0 Å². The number of furan rings is 1. The zero-order valence-electron chi connectivity index (χ0n) is 29.0. The normalized spacial score (nSPS) is 11.2. The molecule has 0 bridgehead atoms. The van der Waals surface area contributed by atoms with Crippen molar-refractivity contribution in [3.8, 4) is 39.7 Å². The van der Waals surface area contributed by atoms with Gasteiger partial charge >= 0.3 is 117 Å². The minimum atomic E-state index is -1.83. The van der Waals surface area contributed by atoms with Gasteiger partial charge in [-0.3, -0.25) is 0 Å². The van der Waals surface area contributed by atoms with Gasteiger partial charge in [0, 0.05) is 31.7 Å². The third kappa shape index (κ3) is 7.79. The third-order valence-electron chi connectivity index (χ3n) is 8.70. The van der Waals surface area contributed by atoms with Crippen LogP contribution in [0, 0.1) is 37.3 Å². The van der Waals surface area contributed by atoms with Gasteiger partial charge in [0.15, 0.2) is 0 Å². The molecule has 7 rings (SSSR count). The molecule has 0 aliphatic rings. The van der Waals surface area contributed by atoms with Gasteiger partial charge in [0.1, 0.15) is 5.58 Å². The van der Waals surface area contributed by atoms with E-state index < -0.39 is 13.3 Å². The molecule has 3 heterocycles. The number of hydrogen-bond donors (Lipinski definition) is 0. The molecule has 4 nitrogen and oxygen atoms in total. The van der Waals surface area contributed by atoms with E-state index in [1.807, 2.05) is 30.6 Å². The zero-order chi connectivity index (χ0) is 34.0. The van der Waals surface area contributed by atoms with Crippen LogP contribution in [-0.2, 0) is 20.1 Å². The van der Waals surface area contributed by atoms with Crippen LogP contribution in [0.15, 0.2) is 108 Å². The van der Waals surface area contributed by atoms with Crippen LogP contribution in [0.5, 0.6) is 0 Å². The summed E-state index contributed by atoms with van der Waals surface area (Å²) in [6.07, 6.45) is 3.98. The van der Waals surface area contributed by atoms with Crippen molar-refractivity contribution in [3.05, 3.63) is 138 Å². The van der Waals surface area contributed by atoms with Crippen molar-refractivity contribution in [3.63, 3.8) is 0 Å². The maximum Gasteiger partial charge on any atom is 0.121 e. The van der Waals surface area contributed by atoms with Gasteiger partial charge in [-0.15, -0.1) is 18.2 Å². The third-order valence-corrected chi connectivity index (χ3v) is 13.2. The summed E-state index contributed by atoms with van der Waals surface area (Å²) >= 11 is -1.83. The molecule has 3 aromatic heterocycles. The van der Waals surface area contributed by atoms with Crippen LogP contribution in [0.25, 0.3) is 55.6 Å². The summed E-state index contributed by atoms with van der Waals surface area (Å²) in [5, 5.41) is 11.0. The Morgan fingerprint density at radius 3 is 2.18 bits per heavy atom. The van der Waals surface area contributed by atoms with Crippen LogP contribution in [0.2, 0.25) is 17.3 Å². The van der Waals surface area contributed by atoms with Gasteiger partial charge < -0.3 is 9.40 Å². The number of nitrogens with zero attached hydrogens (tertiary/aromatic N) is 3. The van der Waals surface area contributed by atoms with Gasteiger partial charge in [-0.25, -0.2) is 0 Å². The van der Waals surface area contributed by atoms with Crippen LogP contribution < -0.4 is 4.40 Å². The van der Waals surface area contributed by atoms with Crippen LogP contribution >= 0.6 is 0 Å². The van der Waals surface area contributed by atoms with Crippen LogP contribution in [0.1, 0.15) is 42.0 Å². The molecule has 0 saturated heterocycles. The van der Waals surface area contributed by atoms with E-state index in [1.54, 1.807) is 12.1 Å². The summed E-state index contributed by atoms with van der Waals surface area (Å²) in [6.45, 7) is 8.69. The molecule has 0 atom stereocenters. The predicted molar refractivity (Wildman–Crippen MR) is 201 cm³/mol. The monoisotopic (exact) mass is 880 g/mol. The van der Waals surface area contributed by atoms with Gasteiger partial charge in [0.05, 0.1) is 5.58 Å². The number of rotatable bonds is 5. The van der Waals surface area contributed by atoms with Gasteiger partial charge in [-0.2, -0.15) is 0 Å². The molecular formula is C43H39GeIrN3O-2. The van der Waals surface area contributed by atoms with Crippen molar-refractivity contribution in [1.29, 1.82) is 5.26 Å². The summed E-state index contributed by atoms with van der Waals surface area (Å²) in [5.74, 6) is 7.56. The summed E-state index contributed by atoms with van der Waals surface area (Å²) in [7, 11) is 0. The minimum absolute atomic E-state index is 0. The van der Waals surface area contributed by atoms with Crippen molar-refractivity contribution < 1.29 is 24.5 Å². The molecule has 0 N–H and O–H groups in total. The standard InChI is InChI=1S/C27H22NO.C16H17GeN2.Ir/c1-17(2)24-15-25(28-16-18(24)3)23-11-7-10-22-21-13-12-20(14-26(21)29-27(22)23)19-8-5-4-6-9-19;1-12-9-16(19-11-15(12)17(2,3)4)14-7-5-13(10-18)6-8-14;/h4-10,12-17H,1-3H3;5-7,9,11H,1-4H3;/q2*-1;. The molecule has 247 valence electrons. The molecule has 6 heteroatoms. The first-order chi connectivity index (χ1) is 23.0. The number of hydrogen-bond acceptors (Lipinski definition) is 4. The Morgan fingerprint density at radius 1 is 0.776 bits per heavy atom. The molecular weight excluding hydrogens is 839 g/mol. The number of benzene rings is 4. The van der Waals surface area contributed by atoms with Crippen LogP contribution in [0.3, 0.4) is 0 Å². The average Bonchev–Trinajstić information content (AvgIpc) is 3.47. The molecule has 7 aromatic rings. The minimum Gasteiger partial charge on any atom is -0.501 e. The molecule has 4 aromatic carbocycles. The molecule has 0 spiro atoms. The predicted octanol–water partition coefficient (Wildman–Crippen LogP) is 10.8. The van der Waals surface area contributed by atoms with Crippen molar-refractivity contribution in [1.82, 2.24) is 9.97 Å². The maximum absolute atomic E-state index is 8.79. The fraction of sp³-hybridized carbons (Fsp3) is 0.186. The average molecular weight is 879 g/mol. The molecule has 0 aliphatic carbocycles. The number of aryl methyl sites for hydroxylation is 2. The van der Waals surface area contributed by atoms with Crippen molar-refractivity contribution in [2.75, 3.05) is 0 Å². The Hall–Kier alpha value is -4.34. The van der Waals surface area contributed by atoms with E-state index >= 15 is 0 Å². The number of pyridine rings is 2. The molecule has 49 heavy (non-hydrogen) atoms. The quantitative estimate of drug-likeness (QED) is 0.128. The van der Waals surface area contributed by atoms with E-state index in [9.17, 15) is 0 Å². The van der Waals surface area contributed by atoms with Gasteiger partial charge in [0.2, 0.25) is 0 Å². The largest absolute Gasteiger partial charge is 0.501 e. The van der Waals surface area contributed by atoms with Gasteiger partial charge in [-0.05, 0) is 46.9 Å². The van der Waals surface area contributed by atoms with Crippen LogP contribution in [-0.4, -0.2) is 23.2 Å². The second kappa shape index (κ2) is 15.1. The first kappa shape index (κ1) is 36.0. The van der Waals surface area contributed by atoms with E-state index in [0.29, 0.717) is 11.5 Å². The maximum atomic E-state index is 8.79. The zero-order valence-corrected chi connectivity index (χ0v) is 33.5. The summed E-state index contributed by atoms with van der Waals surface area (Å²) in [5.41, 5.74) is 12.2. The fourth-order valence-electron chi connectivity index (χ4n) is 6.18. The molecule has 0 fully saturated rings. The summed E-state index contributed by atoms with van der Waals surface area (Å²) in [4.78, 5) is 9.25. The van der Waals surface area contributed by atoms with E-state index in [0.717, 1.165) is 50.0 Å². The number of fused-ring (bicyclic) bond motifs is 3. The fourth-order valence-corrected chi connectivity index (χ4v) is 9.76. The van der Waals surface area contributed by atoms with E-state index in [4.69, 9.17) is 9.68 Å². The summed E-state index contributed by atoms with van der Waals surface area (Å²) < 4.78 is 7.80. The summed E-state index contributed by atoms with van der Waals surface area (Å²) in [6, 6.07) is 39.2. The second-order valence-electron chi connectivity index (χ2n) is 13.6. The molecule has 0 saturated carbocycles. The first-order valence-electron chi connectivity index (χ1n) is 16.3. The second-order valence-corrected chi connectivity index (χ2v) is 24.2. The smallest absolute Gasteiger partial charge is 0.121 e. The van der Waals surface area contributed by atoms with E-state index in [1.165, 1.54) is 26.6 Å². The molecule has 0 unspecified atom stereocenters. The molecule has 0 amide bonds. The Balaban J connectivity index is 0.000000205. The number of nitriles is 1. The topological polar surface area (TPSA) is 62.7 Å². The van der Waals surface area contributed by atoms with Crippen molar-refractivity contribution >= 4 is 39.6 Å². The van der Waals surface area contributed by atoms with E-state index in [-0.39, 0.29) is 20.1 Å². The molecule has 1 radical (unpaired) electrons. The SMILES string of the molecule is Cc1cc(-c2[c-]cc(C#N)cc2)nc[c]1[Ge]([CH3])([CH3])[CH3].Cc1cnc(-c2[c-]ccc3c2oc2cc(-c4ccccc4)ccc23)cc1C(C)C.[Ir]. The number of aromatic nitrogens is 2. The van der Waals surface area contributed by atoms with Crippen LogP contribution in [0.4, 0.5) is 0 Å². The van der Waals surface area contributed by atoms with Crippen molar-refractivity contribution in [2.24, 2.45) is 0 Å². The Morgan fingerprint density at radius 2 is 1.53 bits per heavy atom. The Labute approximate surface area is 306 Å². The first-order valence-corrected chi connectivity index (χ1v) is 23.7. The Kier molecular flexibility index (Phi) is 11.0.